The van der Waals surface area contributed by atoms with Crippen LogP contribution in [-0.2, 0) is 6.42 Å². The molecule has 0 spiro atoms. The second-order valence-electron chi connectivity index (χ2n) is 4.23. The van der Waals surface area contributed by atoms with Crippen LogP contribution in [0.4, 0.5) is 0 Å². The van der Waals surface area contributed by atoms with Crippen LogP contribution < -0.4 is 0 Å². The molecule has 0 saturated heterocycles. The first-order chi connectivity index (χ1) is 9.33. The van der Waals surface area contributed by atoms with Crippen molar-refractivity contribution in [3.63, 3.8) is 0 Å². The molecule has 2 heterocycles. The van der Waals surface area contributed by atoms with E-state index < -0.39 is 6.10 Å². The van der Waals surface area contributed by atoms with Crippen LogP contribution in [0.15, 0.2) is 53.2 Å². The molecule has 0 radical (unpaired) electrons. The third-order valence-electron chi connectivity index (χ3n) is 2.86. The van der Waals surface area contributed by atoms with Crippen molar-refractivity contribution in [2.45, 2.75) is 12.5 Å². The lowest BCUT2D eigenvalue weighted by Gasteiger charge is -2.07. The summed E-state index contributed by atoms with van der Waals surface area (Å²) in [6, 6.07) is 13.1. The summed E-state index contributed by atoms with van der Waals surface area (Å²) in [6.07, 6.45) is 1.46. The maximum absolute atomic E-state index is 10.1. The monoisotopic (exact) mass is 255 g/mol. The number of aliphatic hydroxyl groups excluding tert-OH is 1. The van der Waals surface area contributed by atoms with Crippen LogP contribution in [0.1, 0.15) is 17.6 Å². The first kappa shape index (κ1) is 11.7. The Labute approximate surface area is 109 Å². The van der Waals surface area contributed by atoms with Crippen LogP contribution in [-0.4, -0.2) is 20.2 Å². The van der Waals surface area contributed by atoms with Gasteiger partial charge >= 0.3 is 0 Å². The number of aromatic amines is 1. The molecule has 3 aromatic rings. The van der Waals surface area contributed by atoms with Gasteiger partial charge in [0, 0.05) is 6.20 Å². The van der Waals surface area contributed by atoms with Crippen LogP contribution in [0.5, 0.6) is 0 Å². The van der Waals surface area contributed by atoms with Gasteiger partial charge in [-0.1, -0.05) is 35.5 Å². The van der Waals surface area contributed by atoms with Crippen molar-refractivity contribution >= 4 is 0 Å². The second-order valence-corrected chi connectivity index (χ2v) is 4.23. The van der Waals surface area contributed by atoms with Gasteiger partial charge in [0.2, 0.25) is 11.7 Å². The van der Waals surface area contributed by atoms with Gasteiger partial charge in [-0.05, 0) is 17.7 Å². The Morgan fingerprint density at radius 3 is 2.74 bits per heavy atom. The summed E-state index contributed by atoms with van der Waals surface area (Å²) in [6.45, 7) is 0. The molecule has 0 saturated carbocycles. The van der Waals surface area contributed by atoms with E-state index in [4.69, 9.17) is 4.52 Å². The van der Waals surface area contributed by atoms with Crippen molar-refractivity contribution in [1.82, 2.24) is 15.1 Å². The minimum Gasteiger partial charge on any atom is -0.388 e. The summed E-state index contributed by atoms with van der Waals surface area (Å²) in [5, 5.41) is 14.0. The SMILES string of the molecule is OC(Cc1nc(-c2ccc[nH]2)no1)c1ccccc1. The van der Waals surface area contributed by atoms with Gasteiger partial charge in [-0.15, -0.1) is 0 Å². The molecule has 0 aliphatic heterocycles. The van der Waals surface area contributed by atoms with E-state index in [-0.39, 0.29) is 0 Å². The Morgan fingerprint density at radius 1 is 1.16 bits per heavy atom. The molecule has 3 rings (SSSR count). The Balaban J connectivity index is 1.74. The standard InChI is InChI=1S/C14H13N3O2/c18-12(10-5-2-1-3-6-10)9-13-16-14(17-19-13)11-7-4-8-15-11/h1-8,12,15,18H,9H2. The quantitative estimate of drug-likeness (QED) is 0.750. The van der Waals surface area contributed by atoms with Gasteiger partial charge in [0.1, 0.15) is 0 Å². The maximum Gasteiger partial charge on any atom is 0.229 e. The largest absolute Gasteiger partial charge is 0.388 e. The molecule has 0 fully saturated rings. The Hall–Kier alpha value is -2.40. The Morgan fingerprint density at radius 2 is 2.00 bits per heavy atom. The molecule has 5 nitrogen and oxygen atoms in total. The van der Waals surface area contributed by atoms with Crippen molar-refractivity contribution < 1.29 is 9.63 Å². The first-order valence-electron chi connectivity index (χ1n) is 6.02. The fourth-order valence-corrected chi connectivity index (χ4v) is 1.88. The van der Waals surface area contributed by atoms with Crippen molar-refractivity contribution in [3.05, 3.63) is 60.1 Å². The number of rotatable bonds is 4. The molecule has 2 N–H and O–H groups in total. The van der Waals surface area contributed by atoms with E-state index in [1.54, 1.807) is 6.20 Å². The van der Waals surface area contributed by atoms with Crippen molar-refractivity contribution in [2.24, 2.45) is 0 Å². The van der Waals surface area contributed by atoms with E-state index in [0.717, 1.165) is 11.3 Å². The van der Waals surface area contributed by atoms with Crippen molar-refractivity contribution in [1.29, 1.82) is 0 Å². The van der Waals surface area contributed by atoms with Gasteiger partial charge in [0.15, 0.2) is 0 Å². The molecule has 96 valence electrons. The summed E-state index contributed by atoms with van der Waals surface area (Å²) < 4.78 is 5.14. The van der Waals surface area contributed by atoms with Gasteiger partial charge in [-0.25, -0.2) is 0 Å². The van der Waals surface area contributed by atoms with E-state index in [0.29, 0.717) is 18.1 Å². The van der Waals surface area contributed by atoms with E-state index in [1.807, 2.05) is 42.5 Å². The average molecular weight is 255 g/mol. The first-order valence-corrected chi connectivity index (χ1v) is 6.02. The van der Waals surface area contributed by atoms with E-state index in [1.165, 1.54) is 0 Å². The third-order valence-corrected chi connectivity index (χ3v) is 2.86. The number of aliphatic hydroxyl groups is 1. The van der Waals surface area contributed by atoms with Crippen molar-refractivity contribution in [2.75, 3.05) is 0 Å². The smallest absolute Gasteiger partial charge is 0.229 e. The molecule has 0 bridgehead atoms. The Bertz CT molecular complexity index is 632. The molecule has 19 heavy (non-hydrogen) atoms. The van der Waals surface area contributed by atoms with Crippen LogP contribution in [0.25, 0.3) is 11.5 Å². The van der Waals surface area contributed by atoms with Crippen LogP contribution in [0.2, 0.25) is 0 Å². The zero-order chi connectivity index (χ0) is 13.1. The predicted molar refractivity (Wildman–Crippen MR) is 69.2 cm³/mol. The second kappa shape index (κ2) is 5.07. The number of nitrogens with zero attached hydrogens (tertiary/aromatic N) is 2. The lowest BCUT2D eigenvalue weighted by Crippen LogP contribution is -2.01. The highest BCUT2D eigenvalue weighted by Crippen LogP contribution is 2.19. The zero-order valence-electron chi connectivity index (χ0n) is 10.2. The van der Waals surface area contributed by atoms with Gasteiger partial charge < -0.3 is 14.6 Å². The lowest BCUT2D eigenvalue weighted by atomic mass is 10.1. The molecule has 0 aliphatic rings. The summed E-state index contributed by atoms with van der Waals surface area (Å²) in [7, 11) is 0. The number of hydrogen-bond acceptors (Lipinski definition) is 4. The van der Waals surface area contributed by atoms with Crippen LogP contribution >= 0.6 is 0 Å². The average Bonchev–Trinajstić information content (AvgIpc) is 3.10. The summed E-state index contributed by atoms with van der Waals surface area (Å²) in [5.41, 5.74) is 1.63. The molecule has 1 aromatic carbocycles. The number of benzene rings is 1. The molecule has 0 aliphatic carbocycles. The number of hydrogen-bond donors (Lipinski definition) is 2. The fourth-order valence-electron chi connectivity index (χ4n) is 1.88. The van der Waals surface area contributed by atoms with E-state index >= 15 is 0 Å². The van der Waals surface area contributed by atoms with E-state index in [2.05, 4.69) is 15.1 Å². The van der Waals surface area contributed by atoms with Crippen LogP contribution in [0.3, 0.4) is 0 Å². The summed E-state index contributed by atoms with van der Waals surface area (Å²) in [4.78, 5) is 7.25. The number of H-pyrrole nitrogens is 1. The van der Waals surface area contributed by atoms with Crippen LogP contribution in [0, 0.1) is 0 Å². The third kappa shape index (κ3) is 2.56. The summed E-state index contributed by atoms with van der Waals surface area (Å²) in [5.74, 6) is 0.918. The molecule has 5 heteroatoms. The highest BCUT2D eigenvalue weighted by atomic mass is 16.5. The van der Waals surface area contributed by atoms with Gasteiger partial charge in [0.05, 0.1) is 18.2 Å². The molecule has 1 atom stereocenters. The maximum atomic E-state index is 10.1. The number of aromatic nitrogens is 3. The highest BCUT2D eigenvalue weighted by Gasteiger charge is 2.14. The molecule has 0 amide bonds. The normalized spacial score (nSPS) is 12.5. The van der Waals surface area contributed by atoms with Gasteiger partial charge in [-0.3, -0.25) is 0 Å². The molecular formula is C14H13N3O2. The minimum absolute atomic E-state index is 0.303. The highest BCUT2D eigenvalue weighted by molar-refractivity contribution is 5.47. The zero-order valence-corrected chi connectivity index (χ0v) is 10.2. The summed E-state index contributed by atoms with van der Waals surface area (Å²) >= 11 is 0. The van der Waals surface area contributed by atoms with Crippen molar-refractivity contribution in [3.8, 4) is 11.5 Å². The van der Waals surface area contributed by atoms with Gasteiger partial charge in [-0.2, -0.15) is 4.98 Å². The lowest BCUT2D eigenvalue weighted by molar-refractivity contribution is 0.165. The fraction of sp³-hybridized carbons (Fsp3) is 0.143. The predicted octanol–water partition coefficient (Wildman–Crippen LogP) is 2.34. The number of nitrogens with one attached hydrogen (secondary N) is 1. The topological polar surface area (TPSA) is 74.9 Å². The molecule has 2 aromatic heterocycles. The Kier molecular flexibility index (Phi) is 3.12. The van der Waals surface area contributed by atoms with Gasteiger partial charge in [0.25, 0.3) is 0 Å². The molecule has 1 unspecified atom stereocenters. The van der Waals surface area contributed by atoms with E-state index in [9.17, 15) is 5.11 Å². The molecular weight excluding hydrogens is 242 g/mol. The minimum atomic E-state index is -0.641.